The molecular formula is C17H14N6OS. The lowest BCUT2D eigenvalue weighted by Crippen LogP contribution is -2.14. The van der Waals surface area contributed by atoms with Crippen LogP contribution < -0.4 is 5.32 Å². The summed E-state index contributed by atoms with van der Waals surface area (Å²) in [6, 6.07) is 9.59. The molecule has 0 bridgehead atoms. The van der Waals surface area contributed by atoms with Gasteiger partial charge in [0, 0.05) is 24.0 Å². The van der Waals surface area contributed by atoms with Crippen molar-refractivity contribution in [3.63, 3.8) is 0 Å². The molecule has 4 aromatic rings. The molecule has 25 heavy (non-hydrogen) atoms. The minimum atomic E-state index is -0.106. The fourth-order valence-electron chi connectivity index (χ4n) is 2.46. The highest BCUT2D eigenvalue weighted by Crippen LogP contribution is 2.26. The van der Waals surface area contributed by atoms with Gasteiger partial charge in [0.2, 0.25) is 5.91 Å². The van der Waals surface area contributed by atoms with Gasteiger partial charge in [-0.3, -0.25) is 9.89 Å². The summed E-state index contributed by atoms with van der Waals surface area (Å²) in [5, 5.41) is 16.6. The Bertz CT molecular complexity index is 957. The molecule has 0 aliphatic carbocycles. The van der Waals surface area contributed by atoms with Gasteiger partial charge < -0.3 is 5.32 Å². The van der Waals surface area contributed by atoms with E-state index in [1.165, 1.54) is 11.3 Å². The van der Waals surface area contributed by atoms with Gasteiger partial charge in [-0.2, -0.15) is 10.2 Å². The second-order valence-electron chi connectivity index (χ2n) is 5.34. The number of hydrogen-bond acceptors (Lipinski definition) is 5. The lowest BCUT2D eigenvalue weighted by molar-refractivity contribution is -0.115. The van der Waals surface area contributed by atoms with E-state index in [9.17, 15) is 4.79 Å². The van der Waals surface area contributed by atoms with Gasteiger partial charge in [0.25, 0.3) is 0 Å². The average Bonchev–Trinajstić information content (AvgIpc) is 3.37. The van der Waals surface area contributed by atoms with Crippen molar-refractivity contribution in [1.82, 2.24) is 25.0 Å². The molecule has 1 amide bonds. The Morgan fingerprint density at radius 2 is 2.12 bits per heavy atom. The number of nitrogens with one attached hydrogen (secondary N) is 2. The standard InChI is InChI=1S/C17H14N6OS/c24-15(21-14-11-19-22-16(14)17-18-7-9-25-17)10-12-2-4-13(5-3-12)23-8-1-6-20-23/h1-9,11H,10H2,(H,19,22)(H,21,24). The van der Waals surface area contributed by atoms with Gasteiger partial charge in [0.1, 0.15) is 10.7 Å². The summed E-state index contributed by atoms with van der Waals surface area (Å²) in [4.78, 5) is 16.6. The monoisotopic (exact) mass is 350 g/mol. The largest absolute Gasteiger partial charge is 0.323 e. The Balaban J connectivity index is 1.44. The number of aromatic nitrogens is 5. The molecule has 0 saturated carbocycles. The maximum absolute atomic E-state index is 12.3. The van der Waals surface area contributed by atoms with E-state index < -0.39 is 0 Å². The van der Waals surface area contributed by atoms with E-state index in [2.05, 4.69) is 25.6 Å². The Morgan fingerprint density at radius 3 is 2.84 bits per heavy atom. The number of nitrogens with zero attached hydrogens (tertiary/aromatic N) is 4. The van der Waals surface area contributed by atoms with Crippen LogP contribution >= 0.6 is 11.3 Å². The molecule has 0 aliphatic heterocycles. The molecule has 0 saturated heterocycles. The summed E-state index contributed by atoms with van der Waals surface area (Å²) < 4.78 is 1.77. The first-order valence-electron chi connectivity index (χ1n) is 7.61. The van der Waals surface area contributed by atoms with Crippen LogP contribution in [-0.4, -0.2) is 30.9 Å². The molecular weight excluding hydrogens is 336 g/mol. The molecule has 0 spiro atoms. The second-order valence-corrected chi connectivity index (χ2v) is 6.23. The highest BCUT2D eigenvalue weighted by molar-refractivity contribution is 7.13. The third-order valence-corrected chi connectivity index (χ3v) is 4.42. The number of amides is 1. The van der Waals surface area contributed by atoms with E-state index in [1.54, 1.807) is 23.3 Å². The lowest BCUT2D eigenvalue weighted by atomic mass is 10.1. The Labute approximate surface area is 147 Å². The maximum atomic E-state index is 12.3. The van der Waals surface area contributed by atoms with Crippen molar-refractivity contribution in [1.29, 1.82) is 0 Å². The average molecular weight is 350 g/mol. The number of aromatic amines is 1. The number of benzene rings is 1. The second kappa shape index (κ2) is 6.70. The van der Waals surface area contributed by atoms with Crippen LogP contribution in [0.1, 0.15) is 5.56 Å². The van der Waals surface area contributed by atoms with Gasteiger partial charge in [0.15, 0.2) is 0 Å². The lowest BCUT2D eigenvalue weighted by Gasteiger charge is -2.06. The summed E-state index contributed by atoms with van der Waals surface area (Å²) in [7, 11) is 0. The van der Waals surface area contributed by atoms with Crippen LogP contribution in [0.25, 0.3) is 16.4 Å². The third kappa shape index (κ3) is 3.33. The molecule has 8 heteroatoms. The molecule has 0 radical (unpaired) electrons. The number of thiazole rings is 1. The number of carbonyl (C=O) groups is 1. The summed E-state index contributed by atoms with van der Waals surface area (Å²) in [5.74, 6) is -0.106. The van der Waals surface area contributed by atoms with E-state index in [0.29, 0.717) is 5.69 Å². The summed E-state index contributed by atoms with van der Waals surface area (Å²) in [6.45, 7) is 0. The zero-order chi connectivity index (χ0) is 17.1. The van der Waals surface area contributed by atoms with E-state index in [4.69, 9.17) is 0 Å². The quantitative estimate of drug-likeness (QED) is 0.579. The zero-order valence-corrected chi connectivity index (χ0v) is 13.9. The molecule has 0 aliphatic rings. The van der Waals surface area contributed by atoms with Crippen LogP contribution in [0.15, 0.2) is 60.5 Å². The first kappa shape index (κ1) is 15.3. The van der Waals surface area contributed by atoms with Crippen LogP contribution in [0.3, 0.4) is 0 Å². The van der Waals surface area contributed by atoms with Crippen molar-refractivity contribution >= 4 is 22.9 Å². The van der Waals surface area contributed by atoms with Crippen LogP contribution in [-0.2, 0) is 11.2 Å². The van der Waals surface area contributed by atoms with Gasteiger partial charge in [-0.05, 0) is 23.8 Å². The van der Waals surface area contributed by atoms with E-state index in [1.807, 2.05) is 41.9 Å². The predicted molar refractivity (Wildman–Crippen MR) is 95.6 cm³/mol. The Kier molecular flexibility index (Phi) is 4.09. The smallest absolute Gasteiger partial charge is 0.228 e. The van der Waals surface area contributed by atoms with Crippen LogP contribution in [0.4, 0.5) is 5.69 Å². The van der Waals surface area contributed by atoms with E-state index >= 15 is 0 Å². The van der Waals surface area contributed by atoms with Crippen molar-refractivity contribution in [3.05, 3.63) is 66.1 Å². The summed E-state index contributed by atoms with van der Waals surface area (Å²) >= 11 is 1.48. The van der Waals surface area contributed by atoms with Crippen molar-refractivity contribution < 1.29 is 4.79 Å². The van der Waals surface area contributed by atoms with Crippen molar-refractivity contribution in [2.24, 2.45) is 0 Å². The van der Waals surface area contributed by atoms with Crippen LogP contribution in [0.2, 0.25) is 0 Å². The fourth-order valence-corrected chi connectivity index (χ4v) is 3.10. The number of hydrogen-bond donors (Lipinski definition) is 2. The van der Waals surface area contributed by atoms with Gasteiger partial charge in [-0.25, -0.2) is 9.67 Å². The van der Waals surface area contributed by atoms with Crippen molar-refractivity contribution in [2.75, 3.05) is 5.32 Å². The topological polar surface area (TPSA) is 88.5 Å². The normalized spacial score (nSPS) is 10.7. The molecule has 4 rings (SSSR count). The molecule has 2 N–H and O–H groups in total. The van der Waals surface area contributed by atoms with Crippen molar-refractivity contribution in [3.8, 4) is 16.4 Å². The summed E-state index contributed by atoms with van der Waals surface area (Å²) in [6.07, 6.45) is 7.19. The molecule has 124 valence electrons. The van der Waals surface area contributed by atoms with Crippen LogP contribution in [0, 0.1) is 0 Å². The van der Waals surface area contributed by atoms with Crippen molar-refractivity contribution in [2.45, 2.75) is 6.42 Å². The van der Waals surface area contributed by atoms with Gasteiger partial charge in [-0.15, -0.1) is 11.3 Å². The van der Waals surface area contributed by atoms with Gasteiger partial charge >= 0.3 is 0 Å². The number of rotatable bonds is 5. The minimum Gasteiger partial charge on any atom is -0.323 e. The molecule has 0 atom stereocenters. The van der Waals surface area contributed by atoms with Gasteiger partial charge in [0.05, 0.1) is 24.0 Å². The molecule has 7 nitrogen and oxygen atoms in total. The highest BCUT2D eigenvalue weighted by Gasteiger charge is 2.13. The van der Waals surface area contributed by atoms with E-state index in [0.717, 1.165) is 22.0 Å². The first-order valence-corrected chi connectivity index (χ1v) is 8.49. The van der Waals surface area contributed by atoms with Crippen LogP contribution in [0.5, 0.6) is 0 Å². The number of H-pyrrole nitrogens is 1. The summed E-state index contributed by atoms with van der Waals surface area (Å²) in [5.41, 5.74) is 3.23. The number of carbonyl (C=O) groups excluding carboxylic acids is 1. The third-order valence-electron chi connectivity index (χ3n) is 3.63. The van der Waals surface area contributed by atoms with E-state index in [-0.39, 0.29) is 12.3 Å². The number of anilines is 1. The SMILES string of the molecule is O=C(Cc1ccc(-n2cccn2)cc1)Nc1cn[nH]c1-c1nccs1. The fraction of sp³-hybridized carbons (Fsp3) is 0.0588. The highest BCUT2D eigenvalue weighted by atomic mass is 32.1. The molecule has 0 unspecified atom stereocenters. The molecule has 3 heterocycles. The molecule has 1 aromatic carbocycles. The zero-order valence-electron chi connectivity index (χ0n) is 13.1. The maximum Gasteiger partial charge on any atom is 0.228 e. The molecule has 3 aromatic heterocycles. The van der Waals surface area contributed by atoms with Gasteiger partial charge in [-0.1, -0.05) is 12.1 Å². The predicted octanol–water partition coefficient (Wildman–Crippen LogP) is 2.90. The minimum absolute atomic E-state index is 0.106. The first-order chi connectivity index (χ1) is 12.3. The Hall–Kier alpha value is -3.26. The molecule has 0 fully saturated rings. The Morgan fingerprint density at radius 1 is 1.24 bits per heavy atom.